The van der Waals surface area contributed by atoms with Gasteiger partial charge in [-0.05, 0) is 35.4 Å². The van der Waals surface area contributed by atoms with Crippen molar-refractivity contribution in [2.75, 3.05) is 7.11 Å². The first-order chi connectivity index (χ1) is 10.6. The van der Waals surface area contributed by atoms with Crippen molar-refractivity contribution >= 4 is 17.3 Å². The molecular weight excluding hydrogens is 287 g/mol. The lowest BCUT2D eigenvalue weighted by atomic mass is 10.00. The first kappa shape index (κ1) is 14.0. The van der Waals surface area contributed by atoms with Gasteiger partial charge in [0.2, 0.25) is 0 Å². The summed E-state index contributed by atoms with van der Waals surface area (Å²) in [5.41, 5.74) is 0.891. The maximum absolute atomic E-state index is 13.4. The zero-order valence-electron chi connectivity index (χ0n) is 11.6. The van der Waals surface area contributed by atoms with Gasteiger partial charge in [-0.15, -0.1) is 0 Å². The van der Waals surface area contributed by atoms with Crippen LogP contribution in [0.15, 0.2) is 51.7 Å². The fraction of sp³-hybridized carbons (Fsp3) is 0.0588. The Morgan fingerprint density at radius 1 is 1.14 bits per heavy atom. The summed E-state index contributed by atoms with van der Waals surface area (Å²) in [6, 6.07) is 10.5. The minimum Gasteiger partial charge on any atom is -0.497 e. The molecule has 0 amide bonds. The van der Waals surface area contributed by atoms with E-state index in [1.165, 1.54) is 31.4 Å². The van der Waals surface area contributed by atoms with Gasteiger partial charge in [0.25, 0.3) is 0 Å². The van der Waals surface area contributed by atoms with E-state index in [1.54, 1.807) is 18.2 Å². The van der Waals surface area contributed by atoms with Crippen LogP contribution >= 0.6 is 0 Å². The molecule has 1 aromatic heterocycles. The van der Waals surface area contributed by atoms with Crippen molar-refractivity contribution in [2.24, 2.45) is 0 Å². The third-order valence-electron chi connectivity index (χ3n) is 3.39. The fourth-order valence-electron chi connectivity index (χ4n) is 2.31. The van der Waals surface area contributed by atoms with Crippen LogP contribution in [0.25, 0.3) is 22.1 Å². The summed E-state index contributed by atoms with van der Waals surface area (Å²) in [6.45, 7) is 0. The highest BCUT2D eigenvalue weighted by Gasteiger charge is 2.11. The first-order valence-electron chi connectivity index (χ1n) is 6.49. The number of rotatable bonds is 3. The van der Waals surface area contributed by atoms with Gasteiger partial charge < -0.3 is 9.15 Å². The number of hydrogen-bond acceptors (Lipinski definition) is 4. The number of hydrogen-bond donors (Lipinski definition) is 0. The van der Waals surface area contributed by atoms with E-state index in [0.717, 1.165) is 0 Å². The Bertz CT molecular complexity index is 928. The molecule has 110 valence electrons. The van der Waals surface area contributed by atoms with Crippen LogP contribution < -0.4 is 10.4 Å². The van der Waals surface area contributed by atoms with Crippen molar-refractivity contribution in [3.05, 3.63) is 64.3 Å². The van der Waals surface area contributed by atoms with Crippen molar-refractivity contribution in [3.63, 3.8) is 0 Å². The highest BCUT2D eigenvalue weighted by molar-refractivity contribution is 5.94. The topological polar surface area (TPSA) is 56.5 Å². The maximum atomic E-state index is 13.4. The van der Waals surface area contributed by atoms with E-state index < -0.39 is 11.4 Å². The largest absolute Gasteiger partial charge is 0.497 e. The number of carbonyl (C=O) groups excluding carboxylic acids is 1. The number of aldehydes is 1. The Kier molecular flexibility index (Phi) is 3.47. The van der Waals surface area contributed by atoms with Crippen LogP contribution in [0.4, 0.5) is 4.39 Å². The minimum atomic E-state index is -0.604. The van der Waals surface area contributed by atoms with Crippen LogP contribution in [0.3, 0.4) is 0 Å². The number of methoxy groups -OCH3 is 1. The molecule has 0 bridgehead atoms. The molecule has 0 N–H and O–H groups in total. The molecule has 22 heavy (non-hydrogen) atoms. The van der Waals surface area contributed by atoms with Crippen LogP contribution in [0, 0.1) is 5.82 Å². The molecular formula is C17H11FO4. The molecule has 0 fully saturated rings. The van der Waals surface area contributed by atoms with Crippen molar-refractivity contribution < 1.29 is 18.3 Å². The fourth-order valence-corrected chi connectivity index (χ4v) is 2.31. The Morgan fingerprint density at radius 2 is 1.95 bits per heavy atom. The molecule has 0 aliphatic rings. The first-order valence-corrected chi connectivity index (χ1v) is 6.49. The maximum Gasteiger partial charge on any atom is 0.336 e. The lowest BCUT2D eigenvalue weighted by Crippen LogP contribution is -1.99. The van der Waals surface area contributed by atoms with Gasteiger partial charge in [-0.25, -0.2) is 9.18 Å². The lowest BCUT2D eigenvalue weighted by Gasteiger charge is -2.08. The Hall–Kier alpha value is -2.95. The van der Waals surface area contributed by atoms with Crippen LogP contribution in [-0.4, -0.2) is 13.4 Å². The monoisotopic (exact) mass is 298 g/mol. The predicted octanol–water partition coefficient (Wildman–Crippen LogP) is 3.42. The zero-order valence-corrected chi connectivity index (χ0v) is 11.6. The zero-order chi connectivity index (χ0) is 15.7. The average Bonchev–Trinajstić information content (AvgIpc) is 2.53. The molecule has 0 saturated heterocycles. The molecule has 3 aromatic rings. The minimum absolute atomic E-state index is 0.0626. The summed E-state index contributed by atoms with van der Waals surface area (Å²) in [5.74, 6) is -0.0480. The van der Waals surface area contributed by atoms with Crippen LogP contribution in [0.2, 0.25) is 0 Å². The molecule has 0 unspecified atom stereocenters. The summed E-state index contributed by atoms with van der Waals surface area (Å²) in [4.78, 5) is 22.6. The number of carbonyl (C=O) groups is 1. The molecule has 1 heterocycles. The molecule has 0 aliphatic heterocycles. The smallest absolute Gasteiger partial charge is 0.336 e. The van der Waals surface area contributed by atoms with E-state index in [1.807, 2.05) is 0 Å². The number of halogens is 1. The van der Waals surface area contributed by atoms with Crippen molar-refractivity contribution in [2.45, 2.75) is 0 Å². The number of fused-ring (bicyclic) bond motifs is 1. The molecule has 0 radical (unpaired) electrons. The van der Waals surface area contributed by atoms with Crippen molar-refractivity contribution in [3.8, 4) is 16.9 Å². The second-order valence-corrected chi connectivity index (χ2v) is 4.70. The SMILES string of the molecule is COc1ccc2c(-c3ccc(F)c(C=O)c3)cc(=O)oc2c1. The second kappa shape index (κ2) is 5.44. The molecule has 0 atom stereocenters. The van der Waals surface area contributed by atoms with Gasteiger partial charge in [0.15, 0.2) is 6.29 Å². The summed E-state index contributed by atoms with van der Waals surface area (Å²) >= 11 is 0. The van der Waals surface area contributed by atoms with E-state index >= 15 is 0 Å². The predicted molar refractivity (Wildman–Crippen MR) is 79.8 cm³/mol. The second-order valence-electron chi connectivity index (χ2n) is 4.70. The van der Waals surface area contributed by atoms with Crippen molar-refractivity contribution in [1.29, 1.82) is 0 Å². The normalized spacial score (nSPS) is 10.6. The number of ether oxygens (including phenoxy) is 1. The average molecular weight is 298 g/mol. The van der Waals surface area contributed by atoms with Crippen LogP contribution in [-0.2, 0) is 0 Å². The van der Waals surface area contributed by atoms with Gasteiger partial charge in [0.1, 0.15) is 17.1 Å². The molecule has 4 nitrogen and oxygen atoms in total. The highest BCUT2D eigenvalue weighted by Crippen LogP contribution is 2.30. The van der Waals surface area contributed by atoms with E-state index in [0.29, 0.717) is 34.1 Å². The summed E-state index contributed by atoms with van der Waals surface area (Å²) < 4.78 is 23.7. The van der Waals surface area contributed by atoms with Gasteiger partial charge in [0.05, 0.1) is 12.7 Å². The molecule has 5 heteroatoms. The number of benzene rings is 2. The summed E-state index contributed by atoms with van der Waals surface area (Å²) in [6.07, 6.45) is 0.440. The molecule has 0 spiro atoms. The molecule has 3 rings (SSSR count). The van der Waals surface area contributed by atoms with Crippen LogP contribution in [0.1, 0.15) is 10.4 Å². The van der Waals surface area contributed by atoms with E-state index in [2.05, 4.69) is 0 Å². The van der Waals surface area contributed by atoms with Gasteiger partial charge in [-0.1, -0.05) is 6.07 Å². The van der Waals surface area contributed by atoms with Gasteiger partial charge in [-0.3, -0.25) is 4.79 Å². The van der Waals surface area contributed by atoms with Crippen molar-refractivity contribution in [1.82, 2.24) is 0 Å². The Morgan fingerprint density at radius 3 is 2.68 bits per heavy atom. The van der Waals surface area contributed by atoms with E-state index in [-0.39, 0.29) is 5.56 Å². The standard InChI is InChI=1S/C17H11FO4/c1-21-12-3-4-13-14(8-17(20)22-16(13)7-12)10-2-5-15(18)11(6-10)9-19/h2-9H,1H3. The summed E-state index contributed by atoms with van der Waals surface area (Å²) in [5, 5.41) is 0.670. The van der Waals surface area contributed by atoms with Crippen LogP contribution in [0.5, 0.6) is 5.75 Å². The molecule has 0 aliphatic carbocycles. The van der Waals surface area contributed by atoms with Gasteiger partial charge >= 0.3 is 5.63 Å². The van der Waals surface area contributed by atoms with E-state index in [4.69, 9.17) is 9.15 Å². The van der Waals surface area contributed by atoms with Gasteiger partial charge in [-0.2, -0.15) is 0 Å². The Labute approximate surface area is 124 Å². The van der Waals surface area contributed by atoms with E-state index in [9.17, 15) is 14.0 Å². The molecule has 0 saturated carbocycles. The quantitative estimate of drug-likeness (QED) is 0.549. The van der Waals surface area contributed by atoms with Gasteiger partial charge in [0, 0.05) is 17.5 Å². The Balaban J connectivity index is 2.30. The lowest BCUT2D eigenvalue weighted by molar-refractivity contribution is 0.112. The molecule has 2 aromatic carbocycles. The highest BCUT2D eigenvalue weighted by atomic mass is 19.1. The summed E-state index contributed by atoms with van der Waals surface area (Å²) in [7, 11) is 1.51. The third kappa shape index (κ3) is 2.37. The third-order valence-corrected chi connectivity index (χ3v) is 3.39.